The van der Waals surface area contributed by atoms with Crippen molar-refractivity contribution in [2.75, 3.05) is 11.9 Å². The van der Waals surface area contributed by atoms with Gasteiger partial charge >= 0.3 is 0 Å². The first kappa shape index (κ1) is 35.2. The van der Waals surface area contributed by atoms with Crippen molar-refractivity contribution < 1.29 is 23.9 Å². The molecule has 0 heterocycles. The number of hydrogen-bond acceptors (Lipinski definition) is 5. The van der Waals surface area contributed by atoms with E-state index in [2.05, 4.69) is 55.8 Å². The molecule has 0 saturated carbocycles. The summed E-state index contributed by atoms with van der Waals surface area (Å²) < 4.78 is 12.5. The summed E-state index contributed by atoms with van der Waals surface area (Å²) >= 11 is 0. The van der Waals surface area contributed by atoms with Gasteiger partial charge in [-0.25, -0.2) is 5.48 Å². The van der Waals surface area contributed by atoms with Crippen LogP contribution in [0.3, 0.4) is 0 Å². The summed E-state index contributed by atoms with van der Waals surface area (Å²) in [5, 5.41) is 3.06. The normalized spacial score (nSPS) is 11.6. The van der Waals surface area contributed by atoms with Crippen molar-refractivity contribution >= 4 is 17.5 Å². The van der Waals surface area contributed by atoms with Gasteiger partial charge in [0.05, 0.1) is 18.8 Å². The van der Waals surface area contributed by atoms with E-state index >= 15 is 0 Å². The molecule has 2 amide bonds. The highest BCUT2D eigenvalue weighted by atomic mass is 16.6. The number of rotatable bonds is 17. The highest BCUT2D eigenvalue weighted by molar-refractivity contribution is 6.06. The highest BCUT2D eigenvalue weighted by Gasteiger charge is 2.18. The minimum Gasteiger partial charge on any atom is -0.493 e. The predicted octanol–water partition coefficient (Wildman–Crippen LogP) is 9.08. The molecule has 0 bridgehead atoms. The van der Waals surface area contributed by atoms with Gasteiger partial charge in [-0.3, -0.25) is 14.4 Å². The van der Waals surface area contributed by atoms with Gasteiger partial charge < -0.3 is 14.8 Å². The molecule has 0 aliphatic heterocycles. The van der Waals surface area contributed by atoms with Crippen molar-refractivity contribution in [3.05, 3.63) is 124 Å². The monoisotopic (exact) mass is 636 g/mol. The van der Waals surface area contributed by atoms with Crippen LogP contribution in [0.2, 0.25) is 0 Å². The summed E-state index contributed by atoms with van der Waals surface area (Å²) in [5.74, 6) is 1.39. The summed E-state index contributed by atoms with van der Waals surface area (Å²) in [6, 6.07) is 29.4. The van der Waals surface area contributed by atoms with E-state index in [1.807, 2.05) is 62.4 Å². The van der Waals surface area contributed by atoms with Crippen molar-refractivity contribution in [3.63, 3.8) is 0 Å². The Balaban J connectivity index is 1.32. The Morgan fingerprint density at radius 2 is 1.51 bits per heavy atom. The summed E-state index contributed by atoms with van der Waals surface area (Å²) in [5.41, 5.74) is 9.00. The van der Waals surface area contributed by atoms with E-state index < -0.39 is 0 Å². The lowest BCUT2D eigenvalue weighted by atomic mass is 9.98. The van der Waals surface area contributed by atoms with Crippen molar-refractivity contribution in [3.8, 4) is 11.5 Å². The van der Waals surface area contributed by atoms with Crippen LogP contribution in [0, 0.1) is 19.8 Å². The maximum atomic E-state index is 13.4. The van der Waals surface area contributed by atoms with E-state index in [9.17, 15) is 9.59 Å². The van der Waals surface area contributed by atoms with Crippen LogP contribution < -0.4 is 20.3 Å². The smallest absolute Gasteiger partial charge is 0.259 e. The zero-order valence-electron chi connectivity index (χ0n) is 28.3. The first-order chi connectivity index (χ1) is 22.7. The molecule has 2 N–H and O–H groups in total. The second-order valence-electron chi connectivity index (χ2n) is 12.3. The third kappa shape index (κ3) is 10.7. The fourth-order valence-electron chi connectivity index (χ4n) is 5.32. The van der Waals surface area contributed by atoms with Gasteiger partial charge in [0.15, 0.2) is 0 Å². The van der Waals surface area contributed by atoms with Gasteiger partial charge in [-0.2, -0.15) is 0 Å². The molecule has 4 aromatic rings. The molecule has 0 saturated heterocycles. The Hall–Kier alpha value is -4.62. The van der Waals surface area contributed by atoms with Crippen molar-refractivity contribution in [2.45, 2.75) is 79.4 Å². The number of carbonyl (C=O) groups is 2. The average molecular weight is 637 g/mol. The highest BCUT2D eigenvalue weighted by Crippen LogP contribution is 2.33. The van der Waals surface area contributed by atoms with Gasteiger partial charge in [-0.1, -0.05) is 93.9 Å². The molecule has 0 aromatic heterocycles. The third-order valence-corrected chi connectivity index (χ3v) is 8.01. The number of hydrogen-bond donors (Lipinski definition) is 2. The van der Waals surface area contributed by atoms with Crippen LogP contribution in [0.5, 0.6) is 11.5 Å². The molecule has 4 rings (SSSR count). The van der Waals surface area contributed by atoms with Gasteiger partial charge in [-0.05, 0) is 91.1 Å². The Kier molecular flexibility index (Phi) is 13.4. The first-order valence-electron chi connectivity index (χ1n) is 16.6. The standard InChI is InChI=1S/C40H48N2O5/c1-6-13-37(33-21-19-31(20-22-33)26-28(2)3)47-36-24-23-35(29(4)30(36)5)41-40(44)34-16-10-11-17-38(34)45-25-12-18-39(43)42-46-27-32-14-8-7-9-15-32/h7-11,14-17,19-24,28,37H,6,12-13,18,25-27H2,1-5H3,(H,41,44)(H,42,43). The SMILES string of the molecule is CCCC(Oc1ccc(NC(=O)c2ccccc2OCCCC(=O)NOCc2ccccc2)c(C)c1C)c1ccc(CC(C)C)cc1. The molecule has 47 heavy (non-hydrogen) atoms. The molecular formula is C40H48N2O5. The van der Waals surface area contributed by atoms with E-state index in [-0.39, 0.29) is 30.9 Å². The third-order valence-electron chi connectivity index (χ3n) is 8.01. The molecule has 0 radical (unpaired) electrons. The molecule has 0 spiro atoms. The van der Waals surface area contributed by atoms with Gasteiger partial charge in [0.25, 0.3) is 5.91 Å². The fraction of sp³-hybridized carbons (Fsp3) is 0.350. The molecule has 7 nitrogen and oxygen atoms in total. The summed E-state index contributed by atoms with van der Waals surface area (Å²) in [7, 11) is 0. The number of para-hydroxylation sites is 1. The fourth-order valence-corrected chi connectivity index (χ4v) is 5.32. The Morgan fingerprint density at radius 1 is 0.787 bits per heavy atom. The zero-order valence-corrected chi connectivity index (χ0v) is 28.3. The molecule has 7 heteroatoms. The second kappa shape index (κ2) is 17.9. The van der Waals surface area contributed by atoms with E-state index in [0.717, 1.165) is 41.7 Å². The zero-order chi connectivity index (χ0) is 33.6. The topological polar surface area (TPSA) is 85.9 Å². The van der Waals surface area contributed by atoms with Crippen LogP contribution in [-0.4, -0.2) is 18.4 Å². The number of anilines is 1. The summed E-state index contributed by atoms with van der Waals surface area (Å²) in [6.07, 6.45) is 3.62. The quantitative estimate of drug-likeness (QED) is 0.0892. The molecule has 0 fully saturated rings. The van der Waals surface area contributed by atoms with E-state index in [0.29, 0.717) is 35.9 Å². The Labute approximate surface area is 279 Å². The van der Waals surface area contributed by atoms with Gasteiger partial charge in [-0.15, -0.1) is 0 Å². The van der Waals surface area contributed by atoms with Crippen LogP contribution in [0.1, 0.15) is 90.7 Å². The molecule has 1 unspecified atom stereocenters. The van der Waals surface area contributed by atoms with Crippen LogP contribution in [0.15, 0.2) is 91.0 Å². The second-order valence-corrected chi connectivity index (χ2v) is 12.3. The van der Waals surface area contributed by atoms with Gasteiger partial charge in [0.2, 0.25) is 5.91 Å². The number of ether oxygens (including phenoxy) is 2. The lowest BCUT2D eigenvalue weighted by Crippen LogP contribution is -2.23. The number of nitrogens with one attached hydrogen (secondary N) is 2. The average Bonchev–Trinajstić information content (AvgIpc) is 3.07. The molecule has 0 aliphatic carbocycles. The van der Waals surface area contributed by atoms with Crippen LogP contribution >= 0.6 is 0 Å². The van der Waals surface area contributed by atoms with E-state index in [4.69, 9.17) is 14.3 Å². The lowest BCUT2D eigenvalue weighted by molar-refractivity contribution is -0.134. The van der Waals surface area contributed by atoms with Gasteiger partial charge in [0.1, 0.15) is 17.6 Å². The largest absolute Gasteiger partial charge is 0.493 e. The van der Waals surface area contributed by atoms with Crippen molar-refractivity contribution in [1.29, 1.82) is 0 Å². The molecule has 1 atom stereocenters. The molecular weight excluding hydrogens is 588 g/mol. The number of hydroxylamine groups is 1. The van der Waals surface area contributed by atoms with Crippen LogP contribution in [0.25, 0.3) is 0 Å². The molecule has 248 valence electrons. The number of amides is 2. The summed E-state index contributed by atoms with van der Waals surface area (Å²) in [6.45, 7) is 11.2. The lowest BCUT2D eigenvalue weighted by Gasteiger charge is -2.22. The molecule has 4 aromatic carbocycles. The maximum absolute atomic E-state index is 13.4. The first-order valence-corrected chi connectivity index (χ1v) is 16.6. The Morgan fingerprint density at radius 3 is 2.23 bits per heavy atom. The molecule has 0 aliphatic rings. The van der Waals surface area contributed by atoms with Crippen LogP contribution in [0.4, 0.5) is 5.69 Å². The number of carbonyl (C=O) groups excluding carboxylic acids is 2. The van der Waals surface area contributed by atoms with Crippen LogP contribution in [-0.2, 0) is 22.7 Å². The minimum absolute atomic E-state index is 0.0523. The minimum atomic E-state index is -0.269. The Bertz CT molecular complexity index is 1580. The maximum Gasteiger partial charge on any atom is 0.259 e. The van der Waals surface area contributed by atoms with Gasteiger partial charge in [0, 0.05) is 12.1 Å². The van der Waals surface area contributed by atoms with E-state index in [1.54, 1.807) is 18.2 Å². The van der Waals surface area contributed by atoms with Crippen molar-refractivity contribution in [1.82, 2.24) is 5.48 Å². The number of benzene rings is 4. The predicted molar refractivity (Wildman–Crippen MR) is 188 cm³/mol. The summed E-state index contributed by atoms with van der Waals surface area (Å²) in [4.78, 5) is 30.8. The van der Waals surface area contributed by atoms with E-state index in [1.165, 1.54) is 11.1 Å². The van der Waals surface area contributed by atoms with Crippen molar-refractivity contribution in [2.24, 2.45) is 5.92 Å².